The van der Waals surface area contributed by atoms with Gasteiger partial charge in [0, 0.05) is 17.6 Å². The van der Waals surface area contributed by atoms with Gasteiger partial charge in [-0.2, -0.15) is 0 Å². The molecule has 0 saturated heterocycles. The highest BCUT2D eigenvalue weighted by Crippen LogP contribution is 2.17. The molecule has 2 heterocycles. The van der Waals surface area contributed by atoms with Crippen LogP contribution in [0.2, 0.25) is 0 Å². The van der Waals surface area contributed by atoms with E-state index in [-0.39, 0.29) is 18.0 Å². The van der Waals surface area contributed by atoms with Crippen molar-refractivity contribution >= 4 is 28.8 Å². The van der Waals surface area contributed by atoms with E-state index in [9.17, 15) is 14.4 Å². The van der Waals surface area contributed by atoms with Crippen molar-refractivity contribution in [2.75, 3.05) is 24.4 Å². The third-order valence-electron chi connectivity index (χ3n) is 4.93. The van der Waals surface area contributed by atoms with Crippen molar-refractivity contribution in [1.82, 2.24) is 14.2 Å². The normalized spacial score (nSPS) is 10.6. The number of carbonyl (C=O) groups excluding carboxylic acids is 2. The zero-order chi connectivity index (χ0) is 24.1. The number of hydrogen-bond donors (Lipinski definition) is 2. The molecule has 4 aromatic rings. The molecule has 0 aliphatic carbocycles. The molecule has 34 heavy (non-hydrogen) atoms. The van der Waals surface area contributed by atoms with E-state index < -0.39 is 11.6 Å². The van der Waals surface area contributed by atoms with Crippen LogP contribution in [0.25, 0.3) is 5.65 Å². The Morgan fingerprint density at radius 2 is 1.56 bits per heavy atom. The predicted octanol–water partition coefficient (Wildman–Crippen LogP) is 2.79. The molecule has 174 valence electrons. The number of aromatic nitrogens is 3. The van der Waals surface area contributed by atoms with Gasteiger partial charge in [0.15, 0.2) is 5.65 Å². The predicted molar refractivity (Wildman–Crippen MR) is 127 cm³/mol. The molecule has 0 bridgehead atoms. The summed E-state index contributed by atoms with van der Waals surface area (Å²) < 4.78 is 12.8. The van der Waals surface area contributed by atoms with Crippen molar-refractivity contribution in [3.63, 3.8) is 0 Å². The average molecular weight is 461 g/mol. The fraction of sp³-hybridized carbons (Fsp3) is 0.167. The molecule has 4 rings (SSSR count). The summed E-state index contributed by atoms with van der Waals surface area (Å²) in [6.45, 7) is 2.16. The Bertz CT molecular complexity index is 1370. The third kappa shape index (κ3) is 5.07. The first-order valence-electron chi connectivity index (χ1n) is 10.5. The van der Waals surface area contributed by atoms with Gasteiger partial charge in [0.2, 0.25) is 5.91 Å². The Morgan fingerprint density at radius 3 is 2.21 bits per heavy atom. The first kappa shape index (κ1) is 22.6. The maximum atomic E-state index is 12.8. The van der Waals surface area contributed by atoms with Crippen LogP contribution in [0.15, 0.2) is 71.7 Å². The molecule has 10 heteroatoms. The number of ether oxygens (including phenoxy) is 2. The van der Waals surface area contributed by atoms with Crippen LogP contribution in [0.3, 0.4) is 0 Å². The van der Waals surface area contributed by atoms with Gasteiger partial charge in [-0.25, -0.2) is 13.9 Å². The summed E-state index contributed by atoms with van der Waals surface area (Å²) in [5.41, 5.74) is 1.21. The maximum Gasteiger partial charge on any atom is 0.350 e. The lowest BCUT2D eigenvalue weighted by atomic mass is 10.2. The van der Waals surface area contributed by atoms with Crippen LogP contribution in [0.5, 0.6) is 11.5 Å². The average Bonchev–Trinajstić information content (AvgIpc) is 3.15. The van der Waals surface area contributed by atoms with Crippen molar-refractivity contribution in [2.45, 2.75) is 13.5 Å². The topological polar surface area (TPSA) is 116 Å². The molecule has 0 fully saturated rings. The number of rotatable bonds is 8. The number of methoxy groups -OCH3 is 1. The highest BCUT2D eigenvalue weighted by Gasteiger charge is 2.14. The molecular weight excluding hydrogens is 438 g/mol. The second-order valence-corrected chi connectivity index (χ2v) is 7.27. The van der Waals surface area contributed by atoms with Crippen molar-refractivity contribution in [3.8, 4) is 11.5 Å². The molecular formula is C24H23N5O5. The number of nitrogens with one attached hydrogen (secondary N) is 2. The molecule has 0 aliphatic rings. The quantitative estimate of drug-likeness (QED) is 0.417. The van der Waals surface area contributed by atoms with Gasteiger partial charge in [0.25, 0.3) is 5.91 Å². The SMILES string of the molecule is CCOc1ccc(NC(=O)Cn2nc3ccc(C(=O)Nc4ccc(OC)cc4)cn3c2=O)cc1. The monoisotopic (exact) mass is 461 g/mol. The fourth-order valence-corrected chi connectivity index (χ4v) is 3.27. The molecule has 0 radical (unpaired) electrons. The number of amides is 2. The Kier molecular flexibility index (Phi) is 6.58. The minimum Gasteiger partial charge on any atom is -0.497 e. The second kappa shape index (κ2) is 9.90. The minimum absolute atomic E-state index is 0.267. The van der Waals surface area contributed by atoms with Crippen LogP contribution in [0, 0.1) is 0 Å². The van der Waals surface area contributed by atoms with E-state index in [1.165, 1.54) is 10.6 Å². The first-order chi connectivity index (χ1) is 16.5. The fourth-order valence-electron chi connectivity index (χ4n) is 3.27. The van der Waals surface area contributed by atoms with Gasteiger partial charge in [0.05, 0.1) is 19.3 Å². The van der Waals surface area contributed by atoms with Gasteiger partial charge in [0.1, 0.15) is 18.0 Å². The smallest absolute Gasteiger partial charge is 0.350 e. The summed E-state index contributed by atoms with van der Waals surface area (Å²) in [6.07, 6.45) is 1.39. The summed E-state index contributed by atoms with van der Waals surface area (Å²) in [4.78, 5) is 37.8. The standard InChI is InChI=1S/C24H23N5O5/c1-3-34-20-11-7-17(8-12-20)25-22(30)15-29-24(32)28-14-16(4-13-21(28)27-29)23(31)26-18-5-9-19(33-2)10-6-18/h4-14H,3,15H2,1-2H3,(H,25,30)(H,26,31). The lowest BCUT2D eigenvalue weighted by Gasteiger charge is -2.06. The van der Waals surface area contributed by atoms with E-state index in [0.29, 0.717) is 35.1 Å². The van der Waals surface area contributed by atoms with Crippen LogP contribution < -0.4 is 25.8 Å². The zero-order valence-corrected chi connectivity index (χ0v) is 18.6. The van der Waals surface area contributed by atoms with E-state index in [2.05, 4.69) is 15.7 Å². The number of pyridine rings is 1. The van der Waals surface area contributed by atoms with Crippen LogP contribution >= 0.6 is 0 Å². The second-order valence-electron chi connectivity index (χ2n) is 7.27. The molecule has 2 N–H and O–H groups in total. The van der Waals surface area contributed by atoms with Crippen LogP contribution in [-0.4, -0.2) is 39.7 Å². The van der Waals surface area contributed by atoms with Gasteiger partial charge in [-0.3, -0.25) is 9.59 Å². The van der Waals surface area contributed by atoms with Crippen molar-refractivity contribution < 1.29 is 19.1 Å². The molecule has 10 nitrogen and oxygen atoms in total. The summed E-state index contributed by atoms with van der Waals surface area (Å²) in [7, 11) is 1.56. The van der Waals surface area contributed by atoms with Crippen molar-refractivity contribution in [3.05, 3.63) is 82.9 Å². The summed E-state index contributed by atoms with van der Waals surface area (Å²) in [5, 5.41) is 9.66. The van der Waals surface area contributed by atoms with E-state index in [1.54, 1.807) is 67.8 Å². The van der Waals surface area contributed by atoms with Gasteiger partial charge in [-0.15, -0.1) is 5.10 Å². The van der Waals surface area contributed by atoms with E-state index in [0.717, 1.165) is 4.68 Å². The van der Waals surface area contributed by atoms with E-state index in [4.69, 9.17) is 9.47 Å². The van der Waals surface area contributed by atoms with Crippen molar-refractivity contribution in [1.29, 1.82) is 0 Å². The number of fused-ring (bicyclic) bond motifs is 1. The molecule has 0 spiro atoms. The van der Waals surface area contributed by atoms with Crippen LogP contribution in [-0.2, 0) is 11.3 Å². The lowest BCUT2D eigenvalue weighted by molar-refractivity contribution is -0.117. The highest BCUT2D eigenvalue weighted by molar-refractivity contribution is 6.04. The van der Waals surface area contributed by atoms with Crippen LogP contribution in [0.1, 0.15) is 17.3 Å². The minimum atomic E-state index is -0.532. The largest absolute Gasteiger partial charge is 0.497 e. The molecule has 0 aliphatic heterocycles. The maximum absolute atomic E-state index is 12.8. The molecule has 2 amide bonds. The summed E-state index contributed by atoms with van der Waals surface area (Å²) in [5.74, 6) is 0.570. The molecule has 0 atom stereocenters. The summed E-state index contributed by atoms with van der Waals surface area (Å²) >= 11 is 0. The first-order valence-corrected chi connectivity index (χ1v) is 10.5. The lowest BCUT2D eigenvalue weighted by Crippen LogP contribution is -2.28. The molecule has 2 aromatic heterocycles. The summed E-state index contributed by atoms with van der Waals surface area (Å²) in [6, 6.07) is 16.9. The number of nitrogens with zero attached hydrogens (tertiary/aromatic N) is 3. The molecule has 0 unspecified atom stereocenters. The van der Waals surface area contributed by atoms with Gasteiger partial charge in [-0.05, 0) is 67.6 Å². The highest BCUT2D eigenvalue weighted by atomic mass is 16.5. The zero-order valence-electron chi connectivity index (χ0n) is 18.6. The number of hydrogen-bond acceptors (Lipinski definition) is 6. The van der Waals surface area contributed by atoms with E-state index in [1.807, 2.05) is 6.92 Å². The number of benzene rings is 2. The third-order valence-corrected chi connectivity index (χ3v) is 4.93. The van der Waals surface area contributed by atoms with Gasteiger partial charge < -0.3 is 20.1 Å². The Balaban J connectivity index is 1.46. The molecule has 2 aromatic carbocycles. The van der Waals surface area contributed by atoms with Gasteiger partial charge in [-0.1, -0.05) is 0 Å². The number of carbonyl (C=O) groups is 2. The van der Waals surface area contributed by atoms with Crippen LogP contribution in [0.4, 0.5) is 11.4 Å². The van der Waals surface area contributed by atoms with Gasteiger partial charge >= 0.3 is 5.69 Å². The number of anilines is 2. The molecule has 0 saturated carbocycles. The Morgan fingerprint density at radius 1 is 0.912 bits per heavy atom. The van der Waals surface area contributed by atoms with E-state index >= 15 is 0 Å². The Hall–Kier alpha value is -4.60. The Labute approximate surface area is 194 Å². The van der Waals surface area contributed by atoms with Crippen molar-refractivity contribution in [2.24, 2.45) is 0 Å².